The Kier molecular flexibility index (Phi) is 12.4. The minimum Gasteiger partial charge on any atom is -0.480 e. The van der Waals surface area contributed by atoms with Gasteiger partial charge in [-0.2, -0.15) is 0 Å². The number of carboxylic acid groups (broad SMARTS) is 1. The van der Waals surface area contributed by atoms with Crippen LogP contribution in [0.2, 0.25) is 0 Å². The van der Waals surface area contributed by atoms with Gasteiger partial charge in [0.05, 0.1) is 12.4 Å². The number of H-pyrrole nitrogens is 1. The van der Waals surface area contributed by atoms with Crippen molar-refractivity contribution in [2.75, 3.05) is 0 Å². The van der Waals surface area contributed by atoms with Gasteiger partial charge in [0, 0.05) is 18.3 Å². The van der Waals surface area contributed by atoms with E-state index in [4.69, 9.17) is 5.73 Å². The first-order valence-corrected chi connectivity index (χ1v) is 12.3. The van der Waals surface area contributed by atoms with Gasteiger partial charge in [-0.1, -0.05) is 54.4 Å². The van der Waals surface area contributed by atoms with Crippen LogP contribution in [0.15, 0.2) is 12.5 Å². The molecule has 6 unspecified atom stereocenters. The number of nitrogens with two attached hydrogens (primary N) is 1. The highest BCUT2D eigenvalue weighted by molar-refractivity contribution is 5.94. The first kappa shape index (κ1) is 30.1. The second-order valence-electron chi connectivity index (χ2n) is 9.65. The molecule has 1 rings (SSSR count). The van der Waals surface area contributed by atoms with E-state index < -0.39 is 47.9 Å². The monoisotopic (exact) mass is 494 g/mol. The third kappa shape index (κ3) is 9.67. The number of nitrogens with zero attached hydrogens (tertiary/aromatic N) is 1. The van der Waals surface area contributed by atoms with E-state index in [0.717, 1.165) is 0 Å². The molecule has 1 aromatic rings. The highest BCUT2D eigenvalue weighted by Crippen LogP contribution is 2.12. The Morgan fingerprint density at radius 1 is 0.943 bits per heavy atom. The maximum atomic E-state index is 13.3. The Balaban J connectivity index is 3.09. The fourth-order valence-corrected chi connectivity index (χ4v) is 3.52. The molecule has 0 bridgehead atoms. The number of nitrogens with one attached hydrogen (secondary N) is 4. The molecule has 0 aliphatic heterocycles. The molecular formula is C24H42N6O5. The van der Waals surface area contributed by atoms with Gasteiger partial charge in [0.2, 0.25) is 17.7 Å². The summed E-state index contributed by atoms with van der Waals surface area (Å²) in [7, 11) is 0. The predicted octanol–water partition coefficient (Wildman–Crippen LogP) is 0.957. The lowest BCUT2D eigenvalue weighted by Crippen LogP contribution is -2.58. The summed E-state index contributed by atoms with van der Waals surface area (Å²) in [4.78, 5) is 57.6. The Hall–Kier alpha value is -2.95. The van der Waals surface area contributed by atoms with Gasteiger partial charge in [0.1, 0.15) is 18.1 Å². The highest BCUT2D eigenvalue weighted by Gasteiger charge is 2.33. The third-order valence-corrected chi connectivity index (χ3v) is 6.29. The molecule has 11 nitrogen and oxygen atoms in total. The zero-order valence-corrected chi connectivity index (χ0v) is 21.6. The molecule has 0 radical (unpaired) electrons. The summed E-state index contributed by atoms with van der Waals surface area (Å²) in [6, 6.07) is -3.85. The van der Waals surface area contributed by atoms with Crippen LogP contribution in [0.1, 0.15) is 66.5 Å². The first-order valence-electron chi connectivity index (χ1n) is 12.3. The van der Waals surface area contributed by atoms with Crippen molar-refractivity contribution in [3.8, 4) is 0 Å². The van der Waals surface area contributed by atoms with Crippen LogP contribution in [0.3, 0.4) is 0 Å². The van der Waals surface area contributed by atoms with E-state index in [1.54, 1.807) is 13.1 Å². The minimum atomic E-state index is -1.13. The molecule has 0 aliphatic rings. The largest absolute Gasteiger partial charge is 0.480 e. The second kappa shape index (κ2) is 14.4. The van der Waals surface area contributed by atoms with Crippen molar-refractivity contribution in [2.24, 2.45) is 23.5 Å². The molecule has 0 fully saturated rings. The molecule has 0 aromatic carbocycles. The lowest BCUT2D eigenvalue weighted by Gasteiger charge is -2.27. The summed E-state index contributed by atoms with van der Waals surface area (Å²) >= 11 is 0. The fourth-order valence-electron chi connectivity index (χ4n) is 3.52. The number of carboxylic acids is 1. The number of rotatable bonds is 15. The zero-order valence-electron chi connectivity index (χ0n) is 21.6. The average molecular weight is 495 g/mol. The standard InChI is InChI=1S/C24H42N6O5/c1-7-14(5)19(25)23(33)29-18(10-16-11-26-12-27-16)21(31)28-17(9-13(3)4)22(32)30-20(24(34)35)15(6)8-2/h11-15,17-20H,7-10,25H2,1-6H3,(H,26,27)(H,28,31)(H,29,33)(H,30,32)(H,34,35). The number of hydrogen-bond donors (Lipinski definition) is 6. The first-order chi connectivity index (χ1) is 16.4. The lowest BCUT2D eigenvalue weighted by molar-refractivity contribution is -0.144. The lowest BCUT2D eigenvalue weighted by atomic mass is 9.97. The van der Waals surface area contributed by atoms with Gasteiger partial charge in [-0.15, -0.1) is 0 Å². The van der Waals surface area contributed by atoms with Gasteiger partial charge in [-0.3, -0.25) is 14.4 Å². The van der Waals surface area contributed by atoms with Crippen LogP contribution in [0.25, 0.3) is 0 Å². The number of aromatic amines is 1. The maximum Gasteiger partial charge on any atom is 0.326 e. The molecule has 0 spiro atoms. The molecule has 7 N–H and O–H groups in total. The molecule has 35 heavy (non-hydrogen) atoms. The molecule has 11 heteroatoms. The molecule has 0 aliphatic carbocycles. The molecule has 6 atom stereocenters. The van der Waals surface area contributed by atoms with Crippen LogP contribution in [-0.2, 0) is 25.6 Å². The topological polar surface area (TPSA) is 179 Å². The van der Waals surface area contributed by atoms with Crippen molar-refractivity contribution in [1.29, 1.82) is 0 Å². The van der Waals surface area contributed by atoms with Gasteiger partial charge in [-0.05, 0) is 24.2 Å². The van der Waals surface area contributed by atoms with Crippen LogP contribution < -0.4 is 21.7 Å². The van der Waals surface area contributed by atoms with Crippen LogP contribution >= 0.6 is 0 Å². The molecule has 198 valence electrons. The van der Waals surface area contributed by atoms with Gasteiger partial charge >= 0.3 is 5.97 Å². The minimum absolute atomic E-state index is 0.0393. The number of carbonyl (C=O) groups is 4. The van der Waals surface area contributed by atoms with Crippen LogP contribution in [0, 0.1) is 17.8 Å². The van der Waals surface area contributed by atoms with E-state index in [-0.39, 0.29) is 24.2 Å². The maximum absolute atomic E-state index is 13.3. The quantitative estimate of drug-likeness (QED) is 0.210. The number of aromatic nitrogens is 2. The molecule has 0 saturated heterocycles. The van der Waals surface area contributed by atoms with E-state index in [9.17, 15) is 24.3 Å². The average Bonchev–Trinajstić information content (AvgIpc) is 3.32. The Labute approximate surface area is 207 Å². The van der Waals surface area contributed by atoms with Crippen molar-refractivity contribution < 1.29 is 24.3 Å². The van der Waals surface area contributed by atoms with Crippen molar-refractivity contribution >= 4 is 23.7 Å². The second-order valence-corrected chi connectivity index (χ2v) is 9.65. The van der Waals surface area contributed by atoms with Crippen molar-refractivity contribution in [3.05, 3.63) is 18.2 Å². The SMILES string of the molecule is CCC(C)C(N)C(=O)NC(Cc1cnc[nH]1)C(=O)NC(CC(C)C)C(=O)NC(C(=O)O)C(C)CC. The van der Waals surface area contributed by atoms with E-state index in [1.165, 1.54) is 6.33 Å². The van der Waals surface area contributed by atoms with E-state index >= 15 is 0 Å². The third-order valence-electron chi connectivity index (χ3n) is 6.29. The summed E-state index contributed by atoms with van der Waals surface area (Å²) in [5.74, 6) is -3.09. The molecule has 1 aromatic heterocycles. The van der Waals surface area contributed by atoms with Gasteiger partial charge in [-0.25, -0.2) is 9.78 Å². The van der Waals surface area contributed by atoms with Gasteiger partial charge in [0.15, 0.2) is 0 Å². The van der Waals surface area contributed by atoms with E-state index in [1.807, 2.05) is 34.6 Å². The van der Waals surface area contributed by atoms with Crippen molar-refractivity contribution in [3.63, 3.8) is 0 Å². The summed E-state index contributed by atoms with van der Waals surface area (Å²) in [5, 5.41) is 17.5. The molecule has 3 amide bonds. The van der Waals surface area contributed by atoms with Crippen molar-refractivity contribution in [2.45, 2.75) is 91.4 Å². The summed E-state index contributed by atoms with van der Waals surface area (Å²) in [5.41, 5.74) is 6.67. The highest BCUT2D eigenvalue weighted by atomic mass is 16.4. The summed E-state index contributed by atoms with van der Waals surface area (Å²) in [6.07, 6.45) is 4.68. The Morgan fingerprint density at radius 2 is 1.51 bits per heavy atom. The molecule has 0 saturated carbocycles. The van der Waals surface area contributed by atoms with Gasteiger partial charge < -0.3 is 31.8 Å². The fraction of sp³-hybridized carbons (Fsp3) is 0.708. The number of aliphatic carboxylic acids is 1. The summed E-state index contributed by atoms with van der Waals surface area (Å²) in [6.45, 7) is 11.1. The number of imidazole rings is 1. The normalized spacial score (nSPS) is 16.5. The number of hydrogen-bond acceptors (Lipinski definition) is 6. The number of carbonyl (C=O) groups excluding carboxylic acids is 3. The van der Waals surface area contributed by atoms with Gasteiger partial charge in [0.25, 0.3) is 0 Å². The van der Waals surface area contributed by atoms with Crippen molar-refractivity contribution in [1.82, 2.24) is 25.9 Å². The van der Waals surface area contributed by atoms with E-state index in [2.05, 4.69) is 25.9 Å². The van der Waals surface area contributed by atoms with Crippen LogP contribution in [0.5, 0.6) is 0 Å². The zero-order chi connectivity index (χ0) is 26.7. The molecule has 1 heterocycles. The van der Waals surface area contributed by atoms with Crippen LogP contribution in [0.4, 0.5) is 0 Å². The summed E-state index contributed by atoms with van der Waals surface area (Å²) < 4.78 is 0. The predicted molar refractivity (Wildman–Crippen MR) is 132 cm³/mol. The Morgan fingerprint density at radius 3 is 2.00 bits per heavy atom. The number of amides is 3. The van der Waals surface area contributed by atoms with E-state index in [0.29, 0.717) is 25.0 Å². The smallest absolute Gasteiger partial charge is 0.326 e. The Bertz CT molecular complexity index is 828. The van der Waals surface area contributed by atoms with Crippen LogP contribution in [-0.4, -0.2) is 62.9 Å². The molecular weight excluding hydrogens is 452 g/mol.